The fourth-order valence-corrected chi connectivity index (χ4v) is 4.37. The van der Waals surface area contributed by atoms with Crippen molar-refractivity contribution in [2.24, 2.45) is 5.73 Å². The van der Waals surface area contributed by atoms with Crippen LogP contribution in [0.25, 0.3) is 16.9 Å². The third-order valence-corrected chi connectivity index (χ3v) is 6.01. The Balaban J connectivity index is 1.85. The van der Waals surface area contributed by atoms with Gasteiger partial charge in [-0.3, -0.25) is 9.62 Å². The molecule has 0 fully saturated rings. The third-order valence-electron chi connectivity index (χ3n) is 4.64. The number of urea groups is 1. The Bertz CT molecular complexity index is 1060. The van der Waals surface area contributed by atoms with Gasteiger partial charge in [0.15, 0.2) is 0 Å². The van der Waals surface area contributed by atoms with Gasteiger partial charge >= 0.3 is 6.03 Å². The smallest absolute Gasteiger partial charge is 0.317 e. The van der Waals surface area contributed by atoms with E-state index in [0.29, 0.717) is 11.6 Å². The average Bonchev–Trinajstić information content (AvgIpc) is 3.12. The second-order valence-electron chi connectivity index (χ2n) is 6.37. The highest BCUT2D eigenvalue weighted by Crippen LogP contribution is 2.36. The summed E-state index contributed by atoms with van der Waals surface area (Å²) in [6, 6.07) is 14.8. The minimum atomic E-state index is -1.04. The van der Waals surface area contributed by atoms with Crippen LogP contribution in [0.2, 0.25) is 0 Å². The quantitative estimate of drug-likeness (QED) is 0.730. The number of hydrogen-bond acceptors (Lipinski definition) is 3. The van der Waals surface area contributed by atoms with E-state index >= 15 is 0 Å². The number of carbonyl (C=O) groups is 1. The molecule has 8 heteroatoms. The number of carbonyl (C=O) groups excluding carboxylic acids is 1. The lowest BCUT2D eigenvalue weighted by molar-refractivity contribution is 0.259. The lowest BCUT2D eigenvalue weighted by atomic mass is 10.0. The molecule has 2 amide bonds. The van der Waals surface area contributed by atoms with E-state index in [0.717, 1.165) is 33.8 Å². The fourth-order valence-electron chi connectivity index (χ4n) is 3.28. The van der Waals surface area contributed by atoms with Crippen LogP contribution in [0.15, 0.2) is 48.5 Å². The Kier molecular flexibility index (Phi) is 4.19. The van der Waals surface area contributed by atoms with Crippen LogP contribution in [0, 0.1) is 6.92 Å². The summed E-state index contributed by atoms with van der Waals surface area (Å²) in [6.45, 7) is 1.89. The van der Waals surface area contributed by atoms with E-state index in [9.17, 15) is 9.00 Å². The first-order valence-electron chi connectivity index (χ1n) is 8.42. The molecule has 0 aliphatic carbocycles. The summed E-state index contributed by atoms with van der Waals surface area (Å²) < 4.78 is 15.5. The Hall–Kier alpha value is -3.13. The summed E-state index contributed by atoms with van der Waals surface area (Å²) in [5, 5.41) is 7.40. The van der Waals surface area contributed by atoms with Crippen molar-refractivity contribution in [1.29, 1.82) is 0 Å². The molecule has 138 valence electrons. The van der Waals surface area contributed by atoms with Gasteiger partial charge in [0.25, 0.3) is 0 Å². The first-order valence-corrected chi connectivity index (χ1v) is 9.70. The number of primary amides is 1. The van der Waals surface area contributed by atoms with Crippen LogP contribution >= 0.6 is 0 Å². The molecule has 3 aromatic rings. The number of amides is 2. The molecule has 0 spiro atoms. The molecule has 1 unspecified atom stereocenters. The van der Waals surface area contributed by atoms with Gasteiger partial charge in [0.2, 0.25) is 0 Å². The minimum absolute atomic E-state index is 0.491. The zero-order valence-electron chi connectivity index (χ0n) is 15.0. The molecule has 1 aromatic heterocycles. The summed E-state index contributed by atoms with van der Waals surface area (Å²) in [7, 11) is 0.789. The molecule has 3 N–H and O–H groups in total. The Morgan fingerprint density at radius 1 is 1.22 bits per heavy atom. The van der Waals surface area contributed by atoms with Crippen LogP contribution in [0.5, 0.6) is 0 Å². The van der Waals surface area contributed by atoms with Gasteiger partial charge in [-0.1, -0.05) is 24.3 Å². The topological polar surface area (TPSA) is 93.2 Å². The number of nitrogens with one attached hydrogen (secondary N) is 1. The SMILES string of the molecule is Cc1c(-c2ccc3c(c2)CS(=O)N3C)nn(-c2ccccc2)c1NC(N)=O. The van der Waals surface area contributed by atoms with Crippen molar-refractivity contribution in [1.82, 2.24) is 9.78 Å². The predicted molar refractivity (Wildman–Crippen MR) is 107 cm³/mol. The largest absolute Gasteiger partial charge is 0.351 e. The molecule has 7 nitrogen and oxygen atoms in total. The molecule has 0 saturated heterocycles. The number of hydrogen-bond donors (Lipinski definition) is 2. The zero-order valence-corrected chi connectivity index (χ0v) is 15.8. The van der Waals surface area contributed by atoms with E-state index in [1.165, 1.54) is 0 Å². The Morgan fingerprint density at radius 2 is 1.96 bits per heavy atom. The second kappa shape index (κ2) is 6.55. The van der Waals surface area contributed by atoms with E-state index in [1.54, 1.807) is 8.99 Å². The van der Waals surface area contributed by atoms with Gasteiger partial charge in [-0.05, 0) is 36.8 Å². The molecule has 0 bridgehead atoms. The minimum Gasteiger partial charge on any atom is -0.351 e. The van der Waals surface area contributed by atoms with E-state index in [1.807, 2.05) is 62.5 Å². The van der Waals surface area contributed by atoms with Gasteiger partial charge in [-0.15, -0.1) is 0 Å². The van der Waals surface area contributed by atoms with Gasteiger partial charge in [-0.2, -0.15) is 5.10 Å². The zero-order chi connectivity index (χ0) is 19.1. The van der Waals surface area contributed by atoms with E-state index in [2.05, 4.69) is 5.32 Å². The van der Waals surface area contributed by atoms with Crippen LogP contribution in [0.4, 0.5) is 16.3 Å². The van der Waals surface area contributed by atoms with Crippen molar-refractivity contribution in [2.75, 3.05) is 16.7 Å². The van der Waals surface area contributed by atoms with E-state index in [4.69, 9.17) is 10.8 Å². The van der Waals surface area contributed by atoms with Gasteiger partial charge < -0.3 is 5.73 Å². The monoisotopic (exact) mass is 381 g/mol. The molecule has 2 heterocycles. The summed E-state index contributed by atoms with van der Waals surface area (Å²) >= 11 is 0. The standard InChI is InChI=1S/C19H19N5O2S/c1-12-17(13-8-9-16-14(10-13)11-27(26)23(16)2)22-24(18(12)21-19(20)25)15-6-4-3-5-7-15/h3-10H,11H2,1-2H3,(H3,20,21,25). The number of benzene rings is 2. The summed E-state index contributed by atoms with van der Waals surface area (Å²) in [5.41, 5.74) is 10.6. The first kappa shape index (κ1) is 17.3. The van der Waals surface area contributed by atoms with E-state index < -0.39 is 17.0 Å². The van der Waals surface area contributed by atoms with Gasteiger partial charge in [0.1, 0.15) is 16.8 Å². The second-order valence-corrected chi connectivity index (χ2v) is 7.84. The number of para-hydroxylation sites is 1. The van der Waals surface area contributed by atoms with Crippen LogP contribution in [0.3, 0.4) is 0 Å². The van der Waals surface area contributed by atoms with Gasteiger partial charge in [0, 0.05) is 18.2 Å². The maximum absolute atomic E-state index is 12.1. The maximum Gasteiger partial charge on any atom is 0.317 e. The fraction of sp³-hybridized carbons (Fsp3) is 0.158. The van der Waals surface area contributed by atoms with Crippen LogP contribution in [-0.2, 0) is 16.7 Å². The Morgan fingerprint density at radius 3 is 2.67 bits per heavy atom. The molecule has 1 atom stereocenters. The summed E-state index contributed by atoms with van der Waals surface area (Å²) in [4.78, 5) is 11.5. The molecular formula is C19H19N5O2S. The average molecular weight is 381 g/mol. The van der Waals surface area contributed by atoms with Crippen molar-refractivity contribution in [3.8, 4) is 16.9 Å². The number of anilines is 2. The normalized spacial score (nSPS) is 15.6. The molecule has 2 aromatic carbocycles. The summed E-state index contributed by atoms with van der Waals surface area (Å²) in [5.74, 6) is 1.02. The number of fused-ring (bicyclic) bond motifs is 1. The molecule has 27 heavy (non-hydrogen) atoms. The lowest BCUT2D eigenvalue weighted by Gasteiger charge is -2.10. The number of nitrogens with two attached hydrogens (primary N) is 1. The van der Waals surface area contributed by atoms with Crippen LogP contribution < -0.4 is 15.4 Å². The van der Waals surface area contributed by atoms with Gasteiger partial charge in [0.05, 0.1) is 22.8 Å². The first-order chi connectivity index (χ1) is 13.0. The van der Waals surface area contributed by atoms with Crippen molar-refractivity contribution in [2.45, 2.75) is 12.7 Å². The molecule has 0 radical (unpaired) electrons. The van der Waals surface area contributed by atoms with Crippen molar-refractivity contribution < 1.29 is 9.00 Å². The van der Waals surface area contributed by atoms with Gasteiger partial charge in [-0.25, -0.2) is 13.7 Å². The number of rotatable bonds is 3. The molecule has 1 aliphatic rings. The molecule has 1 aliphatic heterocycles. The van der Waals surface area contributed by atoms with Crippen LogP contribution in [0.1, 0.15) is 11.1 Å². The highest BCUT2D eigenvalue weighted by atomic mass is 32.2. The van der Waals surface area contributed by atoms with Crippen molar-refractivity contribution >= 4 is 28.5 Å². The maximum atomic E-state index is 12.1. The molecular weight excluding hydrogens is 362 g/mol. The molecule has 4 rings (SSSR count). The third kappa shape index (κ3) is 2.97. The molecule has 0 saturated carbocycles. The summed E-state index contributed by atoms with van der Waals surface area (Å²) in [6.07, 6.45) is 0. The highest BCUT2D eigenvalue weighted by Gasteiger charge is 2.25. The van der Waals surface area contributed by atoms with Crippen molar-refractivity contribution in [3.05, 3.63) is 59.7 Å². The highest BCUT2D eigenvalue weighted by molar-refractivity contribution is 7.86. The number of nitrogens with zero attached hydrogens (tertiary/aromatic N) is 3. The number of aromatic nitrogens is 2. The van der Waals surface area contributed by atoms with Crippen LogP contribution in [-0.4, -0.2) is 27.1 Å². The van der Waals surface area contributed by atoms with E-state index in [-0.39, 0.29) is 0 Å². The Labute approximate surface area is 159 Å². The predicted octanol–water partition coefficient (Wildman–Crippen LogP) is 2.95. The van der Waals surface area contributed by atoms with Crippen molar-refractivity contribution in [3.63, 3.8) is 0 Å². The lowest BCUT2D eigenvalue weighted by Crippen LogP contribution is -2.21.